The Kier molecular flexibility index (Phi) is 6.24. The van der Waals surface area contributed by atoms with Crippen LogP contribution in [0.15, 0.2) is 33.7 Å². The Labute approximate surface area is 140 Å². The topological polar surface area (TPSA) is 70.7 Å². The number of amides is 1. The van der Waals surface area contributed by atoms with Gasteiger partial charge in [-0.25, -0.2) is 0 Å². The van der Waals surface area contributed by atoms with E-state index in [0.717, 1.165) is 29.7 Å². The van der Waals surface area contributed by atoms with E-state index in [4.69, 9.17) is 5.73 Å². The Morgan fingerprint density at radius 3 is 2.86 bits per heavy atom. The van der Waals surface area contributed by atoms with Gasteiger partial charge in [-0.3, -0.25) is 9.79 Å². The molecule has 1 aliphatic rings. The predicted octanol–water partition coefficient (Wildman–Crippen LogP) is 2.82. The van der Waals surface area contributed by atoms with Gasteiger partial charge in [0.2, 0.25) is 5.91 Å². The molecule has 1 aliphatic heterocycles. The summed E-state index contributed by atoms with van der Waals surface area (Å²) in [7, 11) is 0. The van der Waals surface area contributed by atoms with Crippen LogP contribution in [0.2, 0.25) is 0 Å². The van der Waals surface area contributed by atoms with Gasteiger partial charge in [0, 0.05) is 29.7 Å². The highest BCUT2D eigenvalue weighted by atomic mass is 79.9. The number of carbonyl (C=O) groups is 1. The van der Waals surface area contributed by atoms with E-state index in [9.17, 15) is 4.79 Å². The number of rotatable bonds is 4. The van der Waals surface area contributed by atoms with E-state index >= 15 is 0 Å². The Hall–Kier alpha value is -1.56. The molecule has 0 spiro atoms. The lowest BCUT2D eigenvalue weighted by Crippen LogP contribution is -2.43. The van der Waals surface area contributed by atoms with Gasteiger partial charge in [-0.05, 0) is 43.0 Å². The van der Waals surface area contributed by atoms with Gasteiger partial charge in [0.1, 0.15) is 0 Å². The molecular weight excluding hydrogens is 344 g/mol. The molecule has 1 aromatic carbocycles. The van der Waals surface area contributed by atoms with Crippen molar-refractivity contribution in [1.29, 1.82) is 0 Å². The summed E-state index contributed by atoms with van der Waals surface area (Å²) in [6, 6.07) is 7.50. The first-order chi connectivity index (χ1) is 10.5. The number of nitrogens with two attached hydrogens (primary N) is 1. The summed E-state index contributed by atoms with van der Waals surface area (Å²) in [6.07, 6.45) is 2.74. The number of hydrogen-bond acceptors (Lipinski definition) is 2. The smallest absolute Gasteiger partial charge is 0.226 e. The van der Waals surface area contributed by atoms with Crippen molar-refractivity contribution >= 4 is 33.5 Å². The second-order valence-corrected chi connectivity index (χ2v) is 6.65. The molecule has 2 rings (SSSR count). The van der Waals surface area contributed by atoms with Crippen molar-refractivity contribution in [2.45, 2.75) is 26.2 Å². The van der Waals surface area contributed by atoms with E-state index < -0.39 is 0 Å². The van der Waals surface area contributed by atoms with Crippen LogP contribution in [0.25, 0.3) is 0 Å². The average molecular weight is 367 g/mol. The van der Waals surface area contributed by atoms with Crippen LogP contribution >= 0.6 is 15.9 Å². The second-order valence-electron chi connectivity index (χ2n) is 5.74. The number of likely N-dealkylation sites (tertiary alicyclic amines) is 1. The zero-order valence-corrected chi connectivity index (χ0v) is 14.5. The molecule has 1 atom stereocenters. The Morgan fingerprint density at radius 2 is 2.18 bits per heavy atom. The third kappa shape index (κ3) is 5.33. The molecule has 6 heteroatoms. The third-order valence-corrected chi connectivity index (χ3v) is 4.25. The number of guanidine groups is 1. The molecule has 1 saturated heterocycles. The molecular formula is C16H23BrN4O. The molecule has 0 aromatic heterocycles. The molecule has 120 valence electrons. The summed E-state index contributed by atoms with van der Waals surface area (Å²) in [4.78, 5) is 18.3. The first kappa shape index (κ1) is 16.8. The predicted molar refractivity (Wildman–Crippen MR) is 93.8 cm³/mol. The van der Waals surface area contributed by atoms with Crippen molar-refractivity contribution in [2.24, 2.45) is 16.6 Å². The number of anilines is 1. The molecule has 1 aromatic rings. The first-order valence-corrected chi connectivity index (χ1v) is 8.44. The number of halogens is 1. The first-order valence-electron chi connectivity index (χ1n) is 7.65. The summed E-state index contributed by atoms with van der Waals surface area (Å²) in [5.41, 5.74) is 6.79. The van der Waals surface area contributed by atoms with Crippen molar-refractivity contribution in [3.63, 3.8) is 0 Å². The van der Waals surface area contributed by atoms with Crippen molar-refractivity contribution in [3.8, 4) is 0 Å². The molecule has 1 unspecified atom stereocenters. The van der Waals surface area contributed by atoms with Crippen LogP contribution in [-0.2, 0) is 4.79 Å². The summed E-state index contributed by atoms with van der Waals surface area (Å²) in [6.45, 7) is 4.56. The van der Waals surface area contributed by atoms with Crippen LogP contribution < -0.4 is 11.1 Å². The lowest BCUT2D eigenvalue weighted by molar-refractivity contribution is -0.116. The molecule has 3 N–H and O–H groups in total. The number of nitrogens with zero attached hydrogens (tertiary/aromatic N) is 2. The molecule has 22 heavy (non-hydrogen) atoms. The van der Waals surface area contributed by atoms with E-state index in [1.54, 1.807) is 0 Å². The highest BCUT2D eigenvalue weighted by molar-refractivity contribution is 9.10. The lowest BCUT2D eigenvalue weighted by atomic mass is 10.0. The minimum absolute atomic E-state index is 0.0501. The Balaban J connectivity index is 1.75. The van der Waals surface area contributed by atoms with Crippen molar-refractivity contribution in [2.75, 3.05) is 25.0 Å². The zero-order valence-electron chi connectivity index (χ0n) is 12.9. The lowest BCUT2D eigenvalue weighted by Gasteiger charge is -2.31. The maximum Gasteiger partial charge on any atom is 0.226 e. The van der Waals surface area contributed by atoms with E-state index in [1.165, 1.54) is 6.42 Å². The van der Waals surface area contributed by atoms with Crippen LogP contribution in [0.4, 0.5) is 5.69 Å². The van der Waals surface area contributed by atoms with Crippen LogP contribution in [-0.4, -0.2) is 36.4 Å². The van der Waals surface area contributed by atoms with Gasteiger partial charge < -0.3 is 16.0 Å². The van der Waals surface area contributed by atoms with Gasteiger partial charge in [-0.15, -0.1) is 0 Å². The van der Waals surface area contributed by atoms with E-state index in [2.05, 4.69) is 38.1 Å². The van der Waals surface area contributed by atoms with Crippen molar-refractivity contribution in [1.82, 2.24) is 4.90 Å². The van der Waals surface area contributed by atoms with Gasteiger partial charge >= 0.3 is 0 Å². The fourth-order valence-corrected chi connectivity index (χ4v) is 2.79. The Bertz CT molecular complexity index is 529. The molecule has 1 heterocycles. The van der Waals surface area contributed by atoms with Gasteiger partial charge in [-0.2, -0.15) is 0 Å². The highest BCUT2D eigenvalue weighted by Gasteiger charge is 2.17. The maximum atomic E-state index is 11.9. The largest absolute Gasteiger partial charge is 0.370 e. The summed E-state index contributed by atoms with van der Waals surface area (Å²) in [5.74, 6) is 1.16. The number of piperidine rings is 1. The van der Waals surface area contributed by atoms with Crippen LogP contribution in [0.1, 0.15) is 26.2 Å². The number of benzene rings is 1. The summed E-state index contributed by atoms with van der Waals surface area (Å²) >= 11 is 3.36. The fraction of sp³-hybridized carbons (Fsp3) is 0.500. The second kappa shape index (κ2) is 8.17. The van der Waals surface area contributed by atoms with Gasteiger partial charge in [0.15, 0.2) is 5.96 Å². The fourth-order valence-electron chi connectivity index (χ4n) is 2.53. The Morgan fingerprint density at radius 1 is 1.45 bits per heavy atom. The third-order valence-electron chi connectivity index (χ3n) is 3.72. The SMILES string of the molecule is CC1CCCN(C(N)=NCCC(=O)Nc2ccc(Br)cc2)C1. The summed E-state index contributed by atoms with van der Waals surface area (Å²) in [5, 5.41) is 2.85. The number of aliphatic imine (C=N–C) groups is 1. The minimum Gasteiger partial charge on any atom is -0.370 e. The van der Waals surface area contributed by atoms with Crippen molar-refractivity contribution < 1.29 is 4.79 Å². The molecule has 5 nitrogen and oxygen atoms in total. The van der Waals surface area contributed by atoms with Gasteiger partial charge in [0.25, 0.3) is 0 Å². The molecule has 0 saturated carbocycles. The molecule has 1 amide bonds. The van der Waals surface area contributed by atoms with Gasteiger partial charge in [-0.1, -0.05) is 22.9 Å². The van der Waals surface area contributed by atoms with Gasteiger partial charge in [0.05, 0.1) is 6.54 Å². The average Bonchev–Trinajstić information content (AvgIpc) is 2.49. The van der Waals surface area contributed by atoms with Crippen LogP contribution in [0.5, 0.6) is 0 Å². The normalized spacial score (nSPS) is 19.1. The zero-order chi connectivity index (χ0) is 15.9. The van der Waals surface area contributed by atoms with E-state index in [0.29, 0.717) is 24.8 Å². The molecule has 0 aliphatic carbocycles. The number of carbonyl (C=O) groups excluding carboxylic acids is 1. The number of hydrogen-bond donors (Lipinski definition) is 2. The standard InChI is InChI=1S/C16H23BrN4O/c1-12-3-2-10-21(11-12)16(18)19-9-8-15(22)20-14-6-4-13(17)5-7-14/h4-7,12H,2-3,8-11H2,1H3,(H2,18,19)(H,20,22). The molecule has 1 fully saturated rings. The number of nitrogens with one attached hydrogen (secondary N) is 1. The summed E-state index contributed by atoms with van der Waals surface area (Å²) < 4.78 is 0.985. The minimum atomic E-state index is -0.0501. The molecule has 0 bridgehead atoms. The van der Waals surface area contributed by atoms with E-state index in [1.807, 2.05) is 24.3 Å². The van der Waals surface area contributed by atoms with Crippen LogP contribution in [0, 0.1) is 5.92 Å². The maximum absolute atomic E-state index is 11.9. The van der Waals surface area contributed by atoms with E-state index in [-0.39, 0.29) is 5.91 Å². The van der Waals surface area contributed by atoms with Crippen molar-refractivity contribution in [3.05, 3.63) is 28.7 Å². The highest BCUT2D eigenvalue weighted by Crippen LogP contribution is 2.15. The monoisotopic (exact) mass is 366 g/mol. The molecule has 0 radical (unpaired) electrons. The van der Waals surface area contributed by atoms with Crippen LogP contribution in [0.3, 0.4) is 0 Å². The quantitative estimate of drug-likeness (QED) is 0.635.